The first-order chi connectivity index (χ1) is 8.75. The van der Waals surface area contributed by atoms with Gasteiger partial charge in [-0.2, -0.15) is 0 Å². The van der Waals surface area contributed by atoms with E-state index < -0.39 is 29.6 Å². The van der Waals surface area contributed by atoms with Crippen LogP contribution in [-0.2, 0) is 14.3 Å². The molecule has 0 aromatic carbocycles. The molecule has 1 rings (SSSR count). The van der Waals surface area contributed by atoms with E-state index in [4.69, 9.17) is 4.74 Å². The van der Waals surface area contributed by atoms with Gasteiger partial charge in [-0.15, -0.1) is 0 Å². The Hall–Kier alpha value is -2.16. The fraction of sp³-hybridized carbons (Fsp3) is 0.600. The number of amides is 6. The predicted octanol–water partition coefficient (Wildman–Crippen LogP) is -1.35. The van der Waals surface area contributed by atoms with E-state index in [9.17, 15) is 19.2 Å². The average Bonchev–Trinajstić information content (AvgIpc) is 2.59. The van der Waals surface area contributed by atoms with Gasteiger partial charge in [0.1, 0.15) is 0 Å². The van der Waals surface area contributed by atoms with Gasteiger partial charge in [0.05, 0.1) is 0 Å². The first-order valence-electron chi connectivity index (χ1n) is 5.36. The Morgan fingerprint density at radius 2 is 1.84 bits per heavy atom. The van der Waals surface area contributed by atoms with E-state index in [1.54, 1.807) is 0 Å². The molecule has 6 amide bonds. The molecule has 0 aromatic rings. The maximum Gasteiger partial charge on any atom is 0.329 e. The molecule has 1 saturated heterocycles. The van der Waals surface area contributed by atoms with Crippen LogP contribution in [0.5, 0.6) is 0 Å². The number of carbonyl (C=O) groups excluding carboxylic acids is 4. The first-order valence-corrected chi connectivity index (χ1v) is 5.36. The first kappa shape index (κ1) is 14.9. The van der Waals surface area contributed by atoms with E-state index in [1.165, 1.54) is 28.2 Å². The summed E-state index contributed by atoms with van der Waals surface area (Å²) in [5, 5.41) is 2.24. The zero-order chi connectivity index (χ0) is 15.0. The number of methoxy groups -OCH3 is 1. The molecule has 1 heterocycles. The van der Waals surface area contributed by atoms with Gasteiger partial charge in [0.2, 0.25) is 0 Å². The molecular weight excluding hydrogens is 256 g/mol. The minimum atomic E-state index is -2.15. The lowest BCUT2D eigenvalue weighted by Gasteiger charge is -2.31. The SMILES string of the molecule is CNC(=O)N(C)C(=O)C1(OC)C(=O)N(C)C(=O)N1C. The van der Waals surface area contributed by atoms with Crippen LogP contribution in [0.4, 0.5) is 9.59 Å². The fourth-order valence-electron chi connectivity index (χ4n) is 1.85. The Labute approximate surface area is 110 Å². The highest BCUT2D eigenvalue weighted by molar-refractivity contribution is 6.20. The molecule has 19 heavy (non-hydrogen) atoms. The summed E-state index contributed by atoms with van der Waals surface area (Å²) in [6.45, 7) is 0. The number of urea groups is 2. The summed E-state index contributed by atoms with van der Waals surface area (Å²) < 4.78 is 4.98. The molecule has 1 aliphatic rings. The highest BCUT2D eigenvalue weighted by Gasteiger charge is 2.62. The second-order valence-corrected chi connectivity index (χ2v) is 3.97. The fourth-order valence-corrected chi connectivity index (χ4v) is 1.85. The van der Waals surface area contributed by atoms with Crippen LogP contribution >= 0.6 is 0 Å². The zero-order valence-electron chi connectivity index (χ0n) is 11.4. The Kier molecular flexibility index (Phi) is 3.80. The van der Waals surface area contributed by atoms with Crippen molar-refractivity contribution < 1.29 is 23.9 Å². The van der Waals surface area contributed by atoms with E-state index >= 15 is 0 Å². The number of likely N-dealkylation sites (N-methyl/N-ethyl adjacent to an activating group) is 3. The summed E-state index contributed by atoms with van der Waals surface area (Å²) in [5.41, 5.74) is -2.15. The van der Waals surface area contributed by atoms with Crippen molar-refractivity contribution in [3.05, 3.63) is 0 Å². The standard InChI is InChI=1S/C10H16N4O5/c1-11-8(17)12(2)6(15)10(19-5)7(16)13(3)9(18)14(10)4/h1-5H3,(H,11,17). The van der Waals surface area contributed by atoms with Crippen molar-refractivity contribution >= 4 is 23.9 Å². The normalized spacial score (nSPS) is 22.8. The van der Waals surface area contributed by atoms with Crippen molar-refractivity contribution in [2.24, 2.45) is 0 Å². The maximum atomic E-state index is 12.3. The van der Waals surface area contributed by atoms with E-state index in [2.05, 4.69) is 5.32 Å². The average molecular weight is 272 g/mol. The van der Waals surface area contributed by atoms with Gasteiger partial charge in [-0.05, 0) is 0 Å². The summed E-state index contributed by atoms with van der Waals surface area (Å²) in [6.07, 6.45) is 0. The molecule has 1 aliphatic heterocycles. The quantitative estimate of drug-likeness (QED) is 0.495. The molecule has 0 radical (unpaired) electrons. The number of carbonyl (C=O) groups is 4. The smallest absolute Gasteiger partial charge is 0.329 e. The number of hydrogen-bond donors (Lipinski definition) is 1. The van der Waals surface area contributed by atoms with Gasteiger partial charge in [-0.25, -0.2) is 9.59 Å². The number of imide groups is 2. The monoisotopic (exact) mass is 272 g/mol. The van der Waals surface area contributed by atoms with Crippen LogP contribution in [0.3, 0.4) is 0 Å². The summed E-state index contributed by atoms with van der Waals surface area (Å²) in [4.78, 5) is 49.9. The second kappa shape index (κ2) is 4.84. The Bertz CT molecular complexity index is 451. The molecule has 9 heteroatoms. The maximum absolute atomic E-state index is 12.3. The molecule has 1 fully saturated rings. The lowest BCUT2D eigenvalue weighted by molar-refractivity contribution is -0.174. The van der Waals surface area contributed by atoms with Gasteiger partial charge in [0.15, 0.2) is 0 Å². The van der Waals surface area contributed by atoms with Crippen molar-refractivity contribution in [1.82, 2.24) is 20.0 Å². The van der Waals surface area contributed by atoms with Crippen molar-refractivity contribution in [3.8, 4) is 0 Å². The highest BCUT2D eigenvalue weighted by Crippen LogP contribution is 2.28. The summed E-state index contributed by atoms with van der Waals surface area (Å²) >= 11 is 0. The molecule has 1 N–H and O–H groups in total. The third kappa shape index (κ3) is 1.82. The van der Waals surface area contributed by atoms with Crippen molar-refractivity contribution in [2.45, 2.75) is 5.72 Å². The number of ether oxygens (including phenoxy) is 1. The lowest BCUT2D eigenvalue weighted by Crippen LogP contribution is -2.62. The van der Waals surface area contributed by atoms with Crippen molar-refractivity contribution in [3.63, 3.8) is 0 Å². The molecule has 0 bridgehead atoms. The summed E-state index contributed by atoms with van der Waals surface area (Å²) in [6, 6.07) is -1.41. The van der Waals surface area contributed by atoms with Crippen LogP contribution in [0.1, 0.15) is 0 Å². The van der Waals surface area contributed by atoms with Gasteiger partial charge in [0.25, 0.3) is 11.8 Å². The molecular formula is C10H16N4O5. The topological polar surface area (TPSA) is 99.3 Å². The van der Waals surface area contributed by atoms with Gasteiger partial charge < -0.3 is 10.1 Å². The van der Waals surface area contributed by atoms with E-state index in [-0.39, 0.29) is 0 Å². The van der Waals surface area contributed by atoms with Crippen molar-refractivity contribution in [1.29, 1.82) is 0 Å². The zero-order valence-corrected chi connectivity index (χ0v) is 11.4. The Balaban J connectivity index is 3.25. The molecule has 1 atom stereocenters. The number of hydrogen-bond acceptors (Lipinski definition) is 5. The van der Waals surface area contributed by atoms with Gasteiger partial charge in [-0.3, -0.25) is 24.3 Å². The van der Waals surface area contributed by atoms with Crippen LogP contribution < -0.4 is 5.32 Å². The minimum absolute atomic E-state index is 0.685. The van der Waals surface area contributed by atoms with Gasteiger partial charge >= 0.3 is 17.8 Å². The van der Waals surface area contributed by atoms with Gasteiger partial charge in [0, 0.05) is 35.3 Å². The van der Waals surface area contributed by atoms with Crippen LogP contribution in [0.15, 0.2) is 0 Å². The largest absolute Gasteiger partial charge is 0.343 e. The summed E-state index contributed by atoms with van der Waals surface area (Å²) in [7, 11) is 6.13. The highest BCUT2D eigenvalue weighted by atomic mass is 16.5. The predicted molar refractivity (Wildman–Crippen MR) is 62.9 cm³/mol. The van der Waals surface area contributed by atoms with E-state index in [1.807, 2.05) is 0 Å². The summed E-state index contributed by atoms with van der Waals surface area (Å²) in [5.74, 6) is -1.79. The lowest BCUT2D eigenvalue weighted by atomic mass is 10.1. The third-order valence-corrected chi connectivity index (χ3v) is 3.05. The van der Waals surface area contributed by atoms with Crippen LogP contribution in [-0.4, -0.2) is 79.6 Å². The van der Waals surface area contributed by atoms with E-state index in [0.717, 1.165) is 16.9 Å². The molecule has 0 saturated carbocycles. The van der Waals surface area contributed by atoms with Crippen LogP contribution in [0.25, 0.3) is 0 Å². The molecule has 0 spiro atoms. The van der Waals surface area contributed by atoms with Gasteiger partial charge in [-0.1, -0.05) is 0 Å². The van der Waals surface area contributed by atoms with Crippen LogP contribution in [0, 0.1) is 0 Å². The van der Waals surface area contributed by atoms with E-state index in [0.29, 0.717) is 4.90 Å². The molecule has 0 aliphatic carbocycles. The Morgan fingerprint density at radius 1 is 1.32 bits per heavy atom. The third-order valence-electron chi connectivity index (χ3n) is 3.05. The molecule has 0 aromatic heterocycles. The minimum Gasteiger partial charge on any atom is -0.343 e. The molecule has 106 valence electrons. The molecule has 9 nitrogen and oxygen atoms in total. The molecule has 1 unspecified atom stereocenters. The number of rotatable bonds is 2. The number of nitrogens with one attached hydrogen (secondary N) is 1. The Morgan fingerprint density at radius 3 is 2.16 bits per heavy atom. The van der Waals surface area contributed by atoms with Crippen LogP contribution in [0.2, 0.25) is 0 Å². The number of nitrogens with zero attached hydrogens (tertiary/aromatic N) is 3. The van der Waals surface area contributed by atoms with Crippen molar-refractivity contribution in [2.75, 3.05) is 35.3 Å². The second-order valence-electron chi connectivity index (χ2n) is 3.97.